The van der Waals surface area contributed by atoms with Crippen LogP contribution in [0.25, 0.3) is 0 Å². The fourth-order valence-electron chi connectivity index (χ4n) is 3.37. The molecule has 0 bridgehead atoms. The van der Waals surface area contributed by atoms with Crippen LogP contribution in [0.5, 0.6) is 0 Å². The van der Waals surface area contributed by atoms with Crippen molar-refractivity contribution in [3.63, 3.8) is 0 Å². The molecule has 0 heterocycles. The minimum Gasteiger partial charge on any atom is -1.00 e. The van der Waals surface area contributed by atoms with Crippen LogP contribution in [0.3, 0.4) is 0 Å². The number of rotatable bonds is 8. The quantitative estimate of drug-likeness (QED) is 0.318. The van der Waals surface area contributed by atoms with Gasteiger partial charge in [-0.3, -0.25) is 0 Å². The summed E-state index contributed by atoms with van der Waals surface area (Å²) >= 11 is 0. The first kappa shape index (κ1) is 21.6. The molecule has 0 unspecified atom stereocenters. The monoisotopic (exact) mass is 440 g/mol. The van der Waals surface area contributed by atoms with E-state index >= 15 is 0 Å². The molecule has 0 aliphatic heterocycles. The average molecular weight is 441 g/mol. The third-order valence-corrected chi connectivity index (χ3v) is 8.96. The van der Waals surface area contributed by atoms with Crippen molar-refractivity contribution < 1.29 is 22.1 Å². The van der Waals surface area contributed by atoms with Gasteiger partial charge in [-0.1, -0.05) is 66.7 Å². The van der Waals surface area contributed by atoms with Crippen LogP contribution in [-0.4, -0.2) is 17.9 Å². The third kappa shape index (κ3) is 5.17. The molecule has 0 saturated heterocycles. The molecule has 1 N–H and O–H groups in total. The predicted molar refractivity (Wildman–Crippen MR) is 115 cm³/mol. The van der Waals surface area contributed by atoms with Crippen molar-refractivity contribution in [3.05, 3.63) is 103 Å². The van der Waals surface area contributed by atoms with Gasteiger partial charge >= 0.3 is 0 Å². The number of aliphatic hydroxyl groups excluding tert-OH is 1. The molecule has 0 amide bonds. The summed E-state index contributed by atoms with van der Waals surface area (Å²) < 4.78 is 0. The van der Waals surface area contributed by atoms with Gasteiger partial charge in [0.15, 0.2) is 0 Å². The maximum Gasteiger partial charge on any atom is 0.115 e. The van der Waals surface area contributed by atoms with Crippen molar-refractivity contribution >= 4 is 23.2 Å². The number of halogens is 1. The molecule has 0 atom stereocenters. The lowest BCUT2D eigenvalue weighted by atomic mass is 10.3. The molecule has 0 aliphatic carbocycles. The van der Waals surface area contributed by atoms with Crippen molar-refractivity contribution in [1.82, 2.24) is 0 Å². The summed E-state index contributed by atoms with van der Waals surface area (Å²) in [5.74, 6) is 0. The van der Waals surface area contributed by atoms with Crippen LogP contribution in [-0.2, 0) is 0 Å². The van der Waals surface area contributed by atoms with Gasteiger partial charge in [0.2, 0.25) is 0 Å². The molecule has 140 valence electrons. The molecule has 3 aromatic rings. The number of hydrogen-bond acceptors (Lipinski definition) is 1. The van der Waals surface area contributed by atoms with Crippen molar-refractivity contribution in [1.29, 1.82) is 0 Å². The largest absolute Gasteiger partial charge is 1.00 e. The summed E-state index contributed by atoms with van der Waals surface area (Å²) in [6, 6.07) is 32.8. The summed E-state index contributed by atoms with van der Waals surface area (Å²) in [5, 5.41) is 13.3. The average Bonchev–Trinajstić information content (AvgIpc) is 2.73. The van der Waals surface area contributed by atoms with E-state index in [0.29, 0.717) is 0 Å². The van der Waals surface area contributed by atoms with Crippen molar-refractivity contribution in [3.8, 4) is 0 Å². The fourth-order valence-corrected chi connectivity index (χ4v) is 7.41. The van der Waals surface area contributed by atoms with E-state index in [9.17, 15) is 0 Å². The van der Waals surface area contributed by atoms with E-state index in [4.69, 9.17) is 5.11 Å². The molecule has 0 spiro atoms. The number of hydrogen-bond donors (Lipinski definition) is 1. The molecule has 3 rings (SSSR count). The van der Waals surface area contributed by atoms with Crippen molar-refractivity contribution in [2.75, 3.05) is 12.8 Å². The number of unbranched alkanes of at least 4 members (excludes halogenated alkanes) is 1. The molecule has 0 fully saturated rings. The minimum atomic E-state index is -1.75. The van der Waals surface area contributed by atoms with E-state index in [2.05, 4.69) is 103 Å². The van der Waals surface area contributed by atoms with Crippen LogP contribution < -0.4 is 32.9 Å². The predicted octanol–water partition coefficient (Wildman–Crippen LogP) is 1.31. The maximum atomic E-state index is 9.03. The van der Waals surface area contributed by atoms with Crippen LogP contribution in [0.2, 0.25) is 0 Å². The SMILES string of the molecule is OCCC/C=C/C[P+](c1ccccc1)(c1ccccc1)c1ccccc1.[Br-]. The Bertz CT molecular complexity index is 707. The second-order valence-corrected chi connectivity index (χ2v) is 9.87. The fraction of sp³-hybridized carbons (Fsp3) is 0.167. The normalized spacial score (nSPS) is 11.3. The zero-order valence-corrected chi connectivity index (χ0v) is 17.9. The van der Waals surface area contributed by atoms with E-state index in [1.165, 1.54) is 15.9 Å². The smallest absolute Gasteiger partial charge is 0.115 e. The molecular formula is C24H26BrOP. The standard InChI is InChI=1S/C24H26OP.BrH/c25-20-12-1-2-13-21-26(22-14-6-3-7-15-22,23-16-8-4-9-17-23)24-18-10-5-11-19-24;/h2-11,13-19,25H,1,12,20-21H2;1H/q+1;/p-1/b13-2+;. The summed E-state index contributed by atoms with van der Waals surface area (Å²) in [6.45, 7) is 0.251. The minimum absolute atomic E-state index is 0. The first-order chi connectivity index (χ1) is 12.9. The summed E-state index contributed by atoms with van der Waals surface area (Å²) in [6.07, 6.45) is 7.28. The van der Waals surface area contributed by atoms with Crippen molar-refractivity contribution in [2.24, 2.45) is 0 Å². The van der Waals surface area contributed by atoms with Gasteiger partial charge in [-0.15, -0.1) is 0 Å². The van der Waals surface area contributed by atoms with Gasteiger partial charge < -0.3 is 22.1 Å². The zero-order chi connectivity index (χ0) is 18.1. The number of benzene rings is 3. The summed E-state index contributed by atoms with van der Waals surface area (Å²) in [7, 11) is -1.75. The molecule has 0 aliphatic rings. The molecule has 3 aromatic carbocycles. The lowest BCUT2D eigenvalue weighted by molar-refractivity contribution is -0.00000618. The van der Waals surface area contributed by atoms with Crippen LogP contribution in [0.1, 0.15) is 12.8 Å². The Hall–Kier alpha value is -1.73. The Morgan fingerprint density at radius 2 is 1.04 bits per heavy atom. The van der Waals surface area contributed by atoms with E-state index < -0.39 is 7.26 Å². The highest BCUT2D eigenvalue weighted by molar-refractivity contribution is 7.95. The Labute approximate surface area is 173 Å². The van der Waals surface area contributed by atoms with E-state index in [1.807, 2.05) is 0 Å². The summed E-state index contributed by atoms with van der Waals surface area (Å²) in [4.78, 5) is 0. The first-order valence-corrected chi connectivity index (χ1v) is 11.2. The second-order valence-electron chi connectivity index (χ2n) is 6.34. The number of aliphatic hydroxyl groups is 1. The molecule has 0 radical (unpaired) electrons. The van der Waals surface area contributed by atoms with E-state index in [-0.39, 0.29) is 23.6 Å². The second kappa shape index (κ2) is 11.2. The zero-order valence-electron chi connectivity index (χ0n) is 15.4. The Kier molecular flexibility index (Phi) is 8.94. The van der Waals surface area contributed by atoms with Gasteiger partial charge in [-0.25, -0.2) is 0 Å². The van der Waals surface area contributed by atoms with Gasteiger partial charge in [-0.2, -0.15) is 0 Å². The topological polar surface area (TPSA) is 20.2 Å². The highest BCUT2D eigenvalue weighted by Crippen LogP contribution is 2.55. The summed E-state index contributed by atoms with van der Waals surface area (Å²) in [5.41, 5.74) is 0. The van der Waals surface area contributed by atoms with Crippen LogP contribution in [0.15, 0.2) is 103 Å². The number of allylic oxidation sites excluding steroid dienone is 2. The molecule has 0 aromatic heterocycles. The lowest BCUT2D eigenvalue weighted by Crippen LogP contribution is -3.00. The third-order valence-electron chi connectivity index (χ3n) is 4.67. The van der Waals surface area contributed by atoms with E-state index in [0.717, 1.165) is 19.0 Å². The highest BCUT2D eigenvalue weighted by Gasteiger charge is 2.43. The van der Waals surface area contributed by atoms with Crippen LogP contribution in [0.4, 0.5) is 0 Å². The van der Waals surface area contributed by atoms with E-state index in [1.54, 1.807) is 0 Å². The Morgan fingerprint density at radius 3 is 1.41 bits per heavy atom. The molecule has 1 nitrogen and oxygen atoms in total. The lowest BCUT2D eigenvalue weighted by Gasteiger charge is -2.26. The molecule has 27 heavy (non-hydrogen) atoms. The van der Waals surface area contributed by atoms with Gasteiger partial charge in [0.1, 0.15) is 23.2 Å². The van der Waals surface area contributed by atoms with Gasteiger partial charge in [-0.05, 0) is 49.2 Å². The first-order valence-electron chi connectivity index (χ1n) is 9.19. The maximum absolute atomic E-state index is 9.03. The van der Waals surface area contributed by atoms with Crippen LogP contribution >= 0.6 is 7.26 Å². The van der Waals surface area contributed by atoms with Crippen molar-refractivity contribution in [2.45, 2.75) is 12.8 Å². The Morgan fingerprint density at radius 1 is 0.630 bits per heavy atom. The highest BCUT2D eigenvalue weighted by atomic mass is 79.9. The van der Waals surface area contributed by atoms with Crippen LogP contribution in [0, 0.1) is 0 Å². The van der Waals surface area contributed by atoms with Gasteiger partial charge in [0, 0.05) is 6.61 Å². The molecule has 3 heteroatoms. The molecular weight excluding hydrogens is 415 g/mol. The molecule has 0 saturated carbocycles. The van der Waals surface area contributed by atoms with Gasteiger partial charge in [0.25, 0.3) is 0 Å². The van der Waals surface area contributed by atoms with Gasteiger partial charge in [0.05, 0.1) is 6.16 Å². The Balaban J connectivity index is 0.00000261.